The molecule has 27 heavy (non-hydrogen) atoms. The number of nitrogens with zero attached hydrogens (tertiary/aromatic N) is 3. The lowest BCUT2D eigenvalue weighted by Gasteiger charge is -2.15. The quantitative estimate of drug-likeness (QED) is 0.414. The Morgan fingerprint density at radius 1 is 1.04 bits per heavy atom. The Labute approximate surface area is 156 Å². The van der Waals surface area contributed by atoms with Gasteiger partial charge in [-0.3, -0.25) is 0 Å². The molecule has 0 amide bonds. The lowest BCUT2D eigenvalue weighted by molar-refractivity contribution is 0.0597. The van der Waals surface area contributed by atoms with Crippen LogP contribution in [-0.4, -0.2) is 50.1 Å². The van der Waals surface area contributed by atoms with E-state index in [1.54, 1.807) is 26.0 Å². The van der Waals surface area contributed by atoms with E-state index in [1.807, 2.05) is 0 Å². The number of aromatic nitrogens is 2. The molecule has 0 N–H and O–H groups in total. The number of benzene rings is 1. The molecule has 144 valence electrons. The van der Waals surface area contributed by atoms with Crippen molar-refractivity contribution < 1.29 is 28.6 Å². The first-order valence-electron chi connectivity index (χ1n) is 7.90. The van der Waals surface area contributed by atoms with Gasteiger partial charge in [-0.15, -0.1) is 0 Å². The number of hydrogen-bond donors (Lipinski definition) is 0. The molecule has 0 saturated carbocycles. The van der Waals surface area contributed by atoms with Crippen LogP contribution in [0.3, 0.4) is 0 Å². The van der Waals surface area contributed by atoms with Crippen LogP contribution in [-0.2, 0) is 9.57 Å². The summed E-state index contributed by atoms with van der Waals surface area (Å²) in [5.74, 6) is 0.148. The third-order valence-electron chi connectivity index (χ3n) is 3.63. The van der Waals surface area contributed by atoms with E-state index in [9.17, 15) is 4.79 Å². The molecule has 0 radical (unpaired) electrons. The zero-order chi connectivity index (χ0) is 20.0. The van der Waals surface area contributed by atoms with Gasteiger partial charge in [-0.1, -0.05) is 17.3 Å². The SMILES string of the molecule is CON=C(C)c1ccc(C)c(Oc2nc(OC)cc(OC)n2)c1C(=O)OC. The molecule has 0 unspecified atom stereocenters. The lowest BCUT2D eigenvalue weighted by Crippen LogP contribution is -2.13. The molecule has 0 bridgehead atoms. The number of rotatable bonds is 7. The van der Waals surface area contributed by atoms with Crippen molar-refractivity contribution in [3.8, 4) is 23.5 Å². The number of hydrogen-bond acceptors (Lipinski definition) is 9. The average molecular weight is 375 g/mol. The van der Waals surface area contributed by atoms with Gasteiger partial charge in [-0.25, -0.2) is 4.79 Å². The van der Waals surface area contributed by atoms with E-state index in [0.29, 0.717) is 16.8 Å². The van der Waals surface area contributed by atoms with Crippen LogP contribution in [0.25, 0.3) is 0 Å². The van der Waals surface area contributed by atoms with E-state index >= 15 is 0 Å². The monoisotopic (exact) mass is 375 g/mol. The topological polar surface area (TPSA) is 101 Å². The largest absolute Gasteiger partial charge is 0.481 e. The van der Waals surface area contributed by atoms with Crippen LogP contribution in [0.15, 0.2) is 23.4 Å². The molecule has 2 aromatic rings. The summed E-state index contributed by atoms with van der Waals surface area (Å²) >= 11 is 0. The maximum atomic E-state index is 12.5. The molecule has 2 rings (SSSR count). The number of aryl methyl sites for hydroxylation is 1. The van der Waals surface area contributed by atoms with Crippen molar-refractivity contribution in [3.05, 3.63) is 34.9 Å². The third kappa shape index (κ3) is 4.43. The minimum Gasteiger partial charge on any atom is -0.481 e. The number of esters is 1. The summed E-state index contributed by atoms with van der Waals surface area (Å²) in [6.45, 7) is 3.49. The highest BCUT2D eigenvalue weighted by Gasteiger charge is 2.24. The van der Waals surface area contributed by atoms with E-state index in [4.69, 9.17) is 23.8 Å². The van der Waals surface area contributed by atoms with E-state index in [-0.39, 0.29) is 29.1 Å². The van der Waals surface area contributed by atoms with Gasteiger partial charge in [-0.05, 0) is 19.4 Å². The molecule has 1 heterocycles. The molecule has 0 atom stereocenters. The molecule has 0 aliphatic carbocycles. The molecular formula is C18H21N3O6. The number of carbonyl (C=O) groups excluding carboxylic acids is 1. The molecule has 9 nitrogen and oxygen atoms in total. The minimum absolute atomic E-state index is 0.0436. The number of oxime groups is 1. The van der Waals surface area contributed by atoms with E-state index in [2.05, 4.69) is 15.1 Å². The van der Waals surface area contributed by atoms with Gasteiger partial charge < -0.3 is 23.8 Å². The van der Waals surface area contributed by atoms with E-state index < -0.39 is 5.97 Å². The maximum absolute atomic E-state index is 12.5. The fourth-order valence-electron chi connectivity index (χ4n) is 2.34. The third-order valence-corrected chi connectivity index (χ3v) is 3.63. The summed E-state index contributed by atoms with van der Waals surface area (Å²) in [6.07, 6.45) is 0. The second-order valence-corrected chi connectivity index (χ2v) is 5.32. The van der Waals surface area contributed by atoms with Crippen LogP contribution in [0, 0.1) is 6.92 Å². The average Bonchev–Trinajstić information content (AvgIpc) is 2.68. The lowest BCUT2D eigenvalue weighted by atomic mass is 9.99. The fourth-order valence-corrected chi connectivity index (χ4v) is 2.34. The van der Waals surface area contributed by atoms with Crippen molar-refractivity contribution >= 4 is 11.7 Å². The Kier molecular flexibility index (Phi) is 6.53. The van der Waals surface area contributed by atoms with Crippen molar-refractivity contribution in [2.45, 2.75) is 13.8 Å². The van der Waals surface area contributed by atoms with Gasteiger partial charge in [0.25, 0.3) is 0 Å². The first kappa shape index (κ1) is 20.0. The Bertz CT molecular complexity index is 844. The molecule has 1 aromatic carbocycles. The normalized spacial score (nSPS) is 11.0. The Hall–Kier alpha value is -3.36. The van der Waals surface area contributed by atoms with Crippen LogP contribution >= 0.6 is 0 Å². The van der Waals surface area contributed by atoms with Gasteiger partial charge in [0.2, 0.25) is 11.8 Å². The first-order valence-corrected chi connectivity index (χ1v) is 7.90. The van der Waals surface area contributed by atoms with Gasteiger partial charge in [0.05, 0.1) is 33.1 Å². The van der Waals surface area contributed by atoms with Crippen LogP contribution in [0.5, 0.6) is 23.5 Å². The van der Waals surface area contributed by atoms with E-state index in [0.717, 1.165) is 0 Å². The highest BCUT2D eigenvalue weighted by atomic mass is 16.6. The highest BCUT2D eigenvalue weighted by molar-refractivity contribution is 6.09. The summed E-state index contributed by atoms with van der Waals surface area (Å²) in [7, 11) is 5.62. The number of ether oxygens (including phenoxy) is 4. The predicted molar refractivity (Wildman–Crippen MR) is 96.9 cm³/mol. The second kappa shape index (κ2) is 8.84. The smallest absolute Gasteiger partial charge is 0.342 e. The molecule has 0 aliphatic rings. The maximum Gasteiger partial charge on any atom is 0.342 e. The van der Waals surface area contributed by atoms with Gasteiger partial charge >= 0.3 is 12.0 Å². The summed E-state index contributed by atoms with van der Waals surface area (Å²) in [4.78, 5) is 25.5. The molecular weight excluding hydrogens is 354 g/mol. The molecule has 0 aliphatic heterocycles. The first-order chi connectivity index (χ1) is 12.9. The van der Waals surface area contributed by atoms with Crippen LogP contribution in [0.1, 0.15) is 28.4 Å². The van der Waals surface area contributed by atoms with Crippen LogP contribution in [0.4, 0.5) is 0 Å². The Morgan fingerprint density at radius 2 is 1.67 bits per heavy atom. The predicted octanol–water partition coefficient (Wildman–Crippen LogP) is 2.75. The number of methoxy groups -OCH3 is 3. The second-order valence-electron chi connectivity index (χ2n) is 5.32. The molecule has 0 spiro atoms. The number of carbonyl (C=O) groups is 1. The van der Waals surface area contributed by atoms with Crippen molar-refractivity contribution in [3.63, 3.8) is 0 Å². The Balaban J connectivity index is 2.64. The zero-order valence-electron chi connectivity index (χ0n) is 16.0. The van der Waals surface area contributed by atoms with Gasteiger partial charge in [0.1, 0.15) is 18.4 Å². The van der Waals surface area contributed by atoms with Crippen LogP contribution in [0.2, 0.25) is 0 Å². The van der Waals surface area contributed by atoms with Gasteiger partial charge in [0.15, 0.2) is 0 Å². The van der Waals surface area contributed by atoms with Crippen molar-refractivity contribution in [1.29, 1.82) is 0 Å². The van der Waals surface area contributed by atoms with Crippen LogP contribution < -0.4 is 14.2 Å². The summed E-state index contributed by atoms with van der Waals surface area (Å²) in [5.41, 5.74) is 1.84. The molecule has 1 aromatic heterocycles. The molecule has 0 fully saturated rings. The van der Waals surface area contributed by atoms with Gasteiger partial charge in [0, 0.05) is 5.56 Å². The van der Waals surface area contributed by atoms with Crippen molar-refractivity contribution in [2.24, 2.45) is 5.16 Å². The fraction of sp³-hybridized carbons (Fsp3) is 0.333. The summed E-state index contributed by atoms with van der Waals surface area (Å²) in [5, 5.41) is 3.89. The molecule has 0 saturated heterocycles. The highest BCUT2D eigenvalue weighted by Crippen LogP contribution is 2.32. The minimum atomic E-state index is -0.593. The summed E-state index contributed by atoms with van der Waals surface area (Å²) in [6, 6.07) is 4.98. The van der Waals surface area contributed by atoms with Crippen molar-refractivity contribution in [1.82, 2.24) is 9.97 Å². The van der Waals surface area contributed by atoms with Gasteiger partial charge in [-0.2, -0.15) is 9.97 Å². The standard InChI is InChI=1S/C18H21N3O6/c1-10-7-8-12(11(2)21-26-6)15(17(22)25-5)16(10)27-18-19-13(23-3)9-14(20-18)24-4/h7-9H,1-6H3. The summed E-state index contributed by atoms with van der Waals surface area (Å²) < 4.78 is 21.0. The van der Waals surface area contributed by atoms with E-state index in [1.165, 1.54) is 34.5 Å². The zero-order valence-corrected chi connectivity index (χ0v) is 16.0. The molecule has 9 heteroatoms. The Morgan fingerprint density at radius 3 is 2.19 bits per heavy atom. The van der Waals surface area contributed by atoms with Crippen molar-refractivity contribution in [2.75, 3.05) is 28.4 Å².